The van der Waals surface area contributed by atoms with Crippen LogP contribution in [0, 0.1) is 0 Å². The Labute approximate surface area is 173 Å². The average molecular weight is 417 g/mol. The van der Waals surface area contributed by atoms with Crippen molar-refractivity contribution in [2.45, 2.75) is 30.7 Å². The van der Waals surface area contributed by atoms with Crippen LogP contribution < -0.4 is 10.1 Å². The number of carbonyl (C=O) groups is 1. The van der Waals surface area contributed by atoms with Crippen LogP contribution in [0.25, 0.3) is 11.4 Å². The quantitative estimate of drug-likeness (QED) is 0.540. The lowest BCUT2D eigenvalue weighted by atomic mass is 10.1. The Morgan fingerprint density at radius 1 is 1.29 bits per heavy atom. The molecule has 1 aromatic heterocycles. The molecule has 0 bridgehead atoms. The molecule has 146 valence electrons. The van der Waals surface area contributed by atoms with Crippen LogP contribution >= 0.6 is 23.4 Å². The van der Waals surface area contributed by atoms with E-state index in [9.17, 15) is 4.79 Å². The van der Waals surface area contributed by atoms with E-state index in [2.05, 4.69) is 39.6 Å². The van der Waals surface area contributed by atoms with Gasteiger partial charge in [-0.05, 0) is 37.1 Å². The summed E-state index contributed by atoms with van der Waals surface area (Å²) in [6.07, 6.45) is 0.988. The van der Waals surface area contributed by atoms with Gasteiger partial charge in [0.15, 0.2) is 5.82 Å². The maximum Gasteiger partial charge on any atom is 0.237 e. The number of amides is 1. The highest BCUT2D eigenvalue weighted by molar-refractivity contribution is 8.00. The van der Waals surface area contributed by atoms with E-state index in [1.165, 1.54) is 17.3 Å². The topological polar surface area (TPSA) is 79.9 Å². The van der Waals surface area contributed by atoms with Gasteiger partial charge in [0.1, 0.15) is 5.75 Å². The molecule has 0 saturated carbocycles. The molecule has 0 fully saturated rings. The zero-order valence-corrected chi connectivity index (χ0v) is 17.4. The van der Waals surface area contributed by atoms with E-state index < -0.39 is 5.25 Å². The second kappa shape index (κ2) is 9.12. The summed E-state index contributed by atoms with van der Waals surface area (Å²) in [5.74, 6) is 1.03. The molecule has 0 saturated heterocycles. The van der Waals surface area contributed by atoms with Gasteiger partial charge in [-0.15, -0.1) is 5.10 Å². The molecule has 0 aliphatic carbocycles. The van der Waals surface area contributed by atoms with Crippen molar-refractivity contribution >= 4 is 35.0 Å². The Hall–Kier alpha value is -2.51. The lowest BCUT2D eigenvalue weighted by molar-refractivity contribution is -0.115. The zero-order chi connectivity index (χ0) is 20.1. The maximum atomic E-state index is 12.5. The van der Waals surface area contributed by atoms with E-state index in [1.54, 1.807) is 32.2 Å². The summed E-state index contributed by atoms with van der Waals surface area (Å²) in [7, 11) is 1.54. The van der Waals surface area contributed by atoms with Crippen LogP contribution in [0.5, 0.6) is 5.75 Å². The number of ether oxygens (including phenoxy) is 1. The summed E-state index contributed by atoms with van der Waals surface area (Å²) < 4.78 is 5.26. The number of thioether (sulfide) groups is 1. The van der Waals surface area contributed by atoms with Crippen molar-refractivity contribution in [1.29, 1.82) is 0 Å². The molecule has 3 rings (SSSR count). The monoisotopic (exact) mass is 416 g/mol. The third-order valence-electron chi connectivity index (χ3n) is 4.17. The molecule has 3 aromatic rings. The third kappa shape index (κ3) is 4.85. The van der Waals surface area contributed by atoms with E-state index >= 15 is 0 Å². The van der Waals surface area contributed by atoms with Gasteiger partial charge in [-0.25, -0.2) is 4.98 Å². The fraction of sp³-hybridized carbons (Fsp3) is 0.250. The van der Waals surface area contributed by atoms with E-state index in [-0.39, 0.29) is 5.91 Å². The number of hydrogen-bond donors (Lipinski definition) is 2. The van der Waals surface area contributed by atoms with E-state index in [4.69, 9.17) is 16.3 Å². The lowest BCUT2D eigenvalue weighted by Crippen LogP contribution is -2.22. The second-order valence-electron chi connectivity index (χ2n) is 6.11. The van der Waals surface area contributed by atoms with Gasteiger partial charge in [0.05, 0.1) is 18.0 Å². The van der Waals surface area contributed by atoms with Crippen LogP contribution in [-0.2, 0) is 11.2 Å². The molecule has 0 spiro atoms. The number of aromatic nitrogens is 3. The highest BCUT2D eigenvalue weighted by Crippen LogP contribution is 2.29. The van der Waals surface area contributed by atoms with Crippen LogP contribution in [0.1, 0.15) is 19.4 Å². The number of nitrogens with one attached hydrogen (secondary N) is 2. The van der Waals surface area contributed by atoms with Gasteiger partial charge in [0.2, 0.25) is 11.1 Å². The summed E-state index contributed by atoms with van der Waals surface area (Å²) in [6, 6.07) is 13.2. The number of aromatic amines is 1. The van der Waals surface area contributed by atoms with Crippen molar-refractivity contribution < 1.29 is 9.53 Å². The molecule has 28 heavy (non-hydrogen) atoms. The molecular weight excluding hydrogens is 396 g/mol. The van der Waals surface area contributed by atoms with Crippen molar-refractivity contribution in [1.82, 2.24) is 15.2 Å². The minimum Gasteiger partial charge on any atom is -0.495 e. The number of halogens is 1. The Balaban J connectivity index is 1.66. The Bertz CT molecular complexity index is 959. The summed E-state index contributed by atoms with van der Waals surface area (Å²) in [5.41, 5.74) is 2.75. The van der Waals surface area contributed by atoms with Gasteiger partial charge >= 0.3 is 0 Å². The first-order chi connectivity index (χ1) is 13.5. The number of H-pyrrole nitrogens is 1. The fourth-order valence-electron chi connectivity index (χ4n) is 2.55. The van der Waals surface area contributed by atoms with Gasteiger partial charge in [-0.3, -0.25) is 9.89 Å². The summed E-state index contributed by atoms with van der Waals surface area (Å²) >= 11 is 7.28. The van der Waals surface area contributed by atoms with Gasteiger partial charge in [-0.2, -0.15) is 0 Å². The largest absolute Gasteiger partial charge is 0.495 e. The van der Waals surface area contributed by atoms with Gasteiger partial charge in [-0.1, -0.05) is 54.6 Å². The number of carbonyl (C=O) groups excluding carboxylic acids is 1. The second-order valence-corrected chi connectivity index (χ2v) is 7.86. The molecule has 0 unspecified atom stereocenters. The number of aryl methyl sites for hydroxylation is 1. The highest BCUT2D eigenvalue weighted by atomic mass is 35.5. The molecule has 1 atom stereocenters. The fourth-order valence-corrected chi connectivity index (χ4v) is 3.45. The van der Waals surface area contributed by atoms with Crippen LogP contribution in [-0.4, -0.2) is 33.4 Å². The first-order valence-corrected chi connectivity index (χ1v) is 10.1. The van der Waals surface area contributed by atoms with Crippen molar-refractivity contribution in [3.05, 3.63) is 53.1 Å². The molecule has 2 aromatic carbocycles. The highest BCUT2D eigenvalue weighted by Gasteiger charge is 2.19. The van der Waals surface area contributed by atoms with Crippen molar-refractivity contribution in [2.75, 3.05) is 12.4 Å². The van der Waals surface area contributed by atoms with Gasteiger partial charge in [0.25, 0.3) is 0 Å². The lowest BCUT2D eigenvalue weighted by Gasteiger charge is -2.13. The predicted molar refractivity (Wildman–Crippen MR) is 113 cm³/mol. The Morgan fingerprint density at radius 2 is 2.04 bits per heavy atom. The van der Waals surface area contributed by atoms with Crippen LogP contribution in [0.15, 0.2) is 47.6 Å². The van der Waals surface area contributed by atoms with Crippen molar-refractivity contribution in [3.8, 4) is 17.1 Å². The normalized spacial score (nSPS) is 11.9. The Kier molecular flexibility index (Phi) is 6.59. The summed E-state index contributed by atoms with van der Waals surface area (Å²) in [5, 5.41) is 10.6. The van der Waals surface area contributed by atoms with Crippen LogP contribution in [0.3, 0.4) is 0 Å². The van der Waals surface area contributed by atoms with E-state index in [1.807, 2.05) is 12.1 Å². The zero-order valence-electron chi connectivity index (χ0n) is 15.8. The molecule has 2 N–H and O–H groups in total. The molecule has 0 aliphatic heterocycles. The minimum absolute atomic E-state index is 0.191. The van der Waals surface area contributed by atoms with E-state index in [0.29, 0.717) is 27.4 Å². The first kappa shape index (κ1) is 20.2. The molecule has 6 nitrogen and oxygen atoms in total. The summed E-state index contributed by atoms with van der Waals surface area (Å²) in [6.45, 7) is 3.91. The molecular formula is C20H21ClN4O2S. The average Bonchev–Trinajstić information content (AvgIpc) is 3.16. The molecule has 0 radical (unpaired) electrons. The smallest absolute Gasteiger partial charge is 0.237 e. The first-order valence-electron chi connectivity index (χ1n) is 8.83. The van der Waals surface area contributed by atoms with Crippen molar-refractivity contribution in [2.24, 2.45) is 0 Å². The summed E-state index contributed by atoms with van der Waals surface area (Å²) in [4.78, 5) is 17.0. The SMILES string of the molecule is CCc1ccc(-c2nc(S[C@@H](C)C(=O)Nc3cc(Cl)ccc3OC)n[nH]2)cc1. The van der Waals surface area contributed by atoms with Gasteiger partial charge in [0, 0.05) is 10.6 Å². The number of hydrogen-bond acceptors (Lipinski definition) is 5. The number of methoxy groups -OCH3 is 1. The van der Waals surface area contributed by atoms with Crippen LogP contribution in [0.4, 0.5) is 5.69 Å². The third-order valence-corrected chi connectivity index (χ3v) is 5.37. The standard InChI is InChI=1S/C20H21ClN4O2S/c1-4-13-5-7-14(8-6-13)18-23-20(25-24-18)28-12(2)19(26)22-16-11-15(21)9-10-17(16)27-3/h5-12H,4H2,1-3H3,(H,22,26)(H,23,24,25)/t12-/m0/s1. The number of anilines is 1. The molecule has 8 heteroatoms. The van der Waals surface area contributed by atoms with E-state index in [0.717, 1.165) is 12.0 Å². The molecule has 1 heterocycles. The van der Waals surface area contributed by atoms with Crippen molar-refractivity contribution in [3.63, 3.8) is 0 Å². The maximum absolute atomic E-state index is 12.5. The Morgan fingerprint density at radius 3 is 2.71 bits per heavy atom. The van der Waals surface area contributed by atoms with Crippen LogP contribution in [0.2, 0.25) is 5.02 Å². The van der Waals surface area contributed by atoms with Gasteiger partial charge < -0.3 is 10.1 Å². The molecule has 0 aliphatic rings. The number of benzene rings is 2. The predicted octanol–water partition coefficient (Wildman–Crippen LogP) is 4.82. The minimum atomic E-state index is -0.408. The number of rotatable bonds is 7. The molecule has 1 amide bonds. The number of nitrogens with zero attached hydrogens (tertiary/aromatic N) is 2.